The molecular weight excluding hydrogens is 424 g/mol. The molecule has 3 N–H and O–H groups in total. The fourth-order valence-corrected chi connectivity index (χ4v) is 4.33. The van der Waals surface area contributed by atoms with Gasteiger partial charge in [0.1, 0.15) is 0 Å². The molecule has 0 bridgehead atoms. The summed E-state index contributed by atoms with van der Waals surface area (Å²) in [4.78, 5) is 17.0. The first-order chi connectivity index (χ1) is 15.5. The Morgan fingerprint density at radius 3 is 1.97 bits per heavy atom. The van der Waals surface area contributed by atoms with Crippen LogP contribution < -0.4 is 10.5 Å². The monoisotopic (exact) mass is 446 g/mol. The molecule has 1 heterocycles. The Morgan fingerprint density at radius 1 is 0.875 bits per heavy atom. The van der Waals surface area contributed by atoms with Gasteiger partial charge in [0.15, 0.2) is 5.78 Å². The highest BCUT2D eigenvalue weighted by Crippen LogP contribution is 2.23. The average Bonchev–Trinajstić information content (AvgIpc) is 3.38. The van der Waals surface area contributed by atoms with Crippen LogP contribution in [-0.2, 0) is 10.0 Å². The number of hydrogen-bond donors (Lipinski definition) is 2. The van der Waals surface area contributed by atoms with E-state index in [4.69, 9.17) is 5.73 Å². The van der Waals surface area contributed by atoms with Gasteiger partial charge in [-0.25, -0.2) is 18.1 Å². The SMILES string of the molecule is NCCNS(=O)(=O)c1ccc(-c2ccc(C(=O)c3ccc(-n4ccnc4)cc3)cc2)cc1. The first-order valence-electron chi connectivity index (χ1n) is 10.0. The molecule has 0 atom stereocenters. The Kier molecular flexibility index (Phi) is 6.27. The van der Waals surface area contributed by atoms with E-state index >= 15 is 0 Å². The van der Waals surface area contributed by atoms with Crippen LogP contribution in [0.25, 0.3) is 16.8 Å². The van der Waals surface area contributed by atoms with E-state index in [2.05, 4.69) is 9.71 Å². The first kappa shape index (κ1) is 21.6. The van der Waals surface area contributed by atoms with Gasteiger partial charge in [0, 0.05) is 42.3 Å². The van der Waals surface area contributed by atoms with Crippen LogP contribution in [0.1, 0.15) is 15.9 Å². The Bertz CT molecular complexity index is 1300. The minimum Gasteiger partial charge on any atom is -0.329 e. The van der Waals surface area contributed by atoms with Gasteiger partial charge in [-0.3, -0.25) is 4.79 Å². The van der Waals surface area contributed by atoms with Crippen molar-refractivity contribution in [3.05, 3.63) is 103 Å². The number of rotatable bonds is 8. The molecule has 1 aromatic heterocycles. The fourth-order valence-electron chi connectivity index (χ4n) is 3.28. The molecule has 0 aliphatic heterocycles. The van der Waals surface area contributed by atoms with Gasteiger partial charge in [-0.05, 0) is 47.5 Å². The zero-order valence-corrected chi connectivity index (χ0v) is 18.0. The number of imidazole rings is 1. The number of sulfonamides is 1. The summed E-state index contributed by atoms with van der Waals surface area (Å²) in [6, 6.07) is 21.2. The lowest BCUT2D eigenvalue weighted by Crippen LogP contribution is -2.29. The largest absolute Gasteiger partial charge is 0.329 e. The van der Waals surface area contributed by atoms with Crippen molar-refractivity contribution >= 4 is 15.8 Å². The number of hydrogen-bond acceptors (Lipinski definition) is 5. The van der Waals surface area contributed by atoms with Crippen molar-refractivity contribution in [3.63, 3.8) is 0 Å². The van der Waals surface area contributed by atoms with Crippen molar-refractivity contribution in [1.82, 2.24) is 14.3 Å². The Balaban J connectivity index is 1.48. The summed E-state index contributed by atoms with van der Waals surface area (Å²) in [5.74, 6) is -0.0684. The highest BCUT2D eigenvalue weighted by atomic mass is 32.2. The van der Waals surface area contributed by atoms with Crippen molar-refractivity contribution in [2.75, 3.05) is 13.1 Å². The Labute approximate surface area is 186 Å². The van der Waals surface area contributed by atoms with Crippen molar-refractivity contribution < 1.29 is 13.2 Å². The van der Waals surface area contributed by atoms with E-state index in [1.54, 1.807) is 61.1 Å². The minimum absolute atomic E-state index is 0.0684. The molecule has 4 aromatic rings. The number of nitrogens with zero attached hydrogens (tertiary/aromatic N) is 2. The maximum atomic E-state index is 12.8. The Morgan fingerprint density at radius 2 is 1.44 bits per heavy atom. The third kappa shape index (κ3) is 4.67. The lowest BCUT2D eigenvalue weighted by atomic mass is 9.99. The zero-order valence-electron chi connectivity index (χ0n) is 17.2. The second-order valence-corrected chi connectivity index (χ2v) is 8.90. The number of carbonyl (C=O) groups is 1. The maximum absolute atomic E-state index is 12.8. The predicted octanol–water partition coefficient (Wildman–Crippen LogP) is 3.01. The molecule has 0 radical (unpaired) electrons. The number of nitrogens with two attached hydrogens (primary N) is 1. The molecule has 32 heavy (non-hydrogen) atoms. The first-order valence-corrected chi connectivity index (χ1v) is 11.5. The third-order valence-corrected chi connectivity index (χ3v) is 6.49. The van der Waals surface area contributed by atoms with Crippen LogP contribution in [0.5, 0.6) is 0 Å². The van der Waals surface area contributed by atoms with Crippen molar-refractivity contribution in [2.45, 2.75) is 4.90 Å². The van der Waals surface area contributed by atoms with Gasteiger partial charge >= 0.3 is 0 Å². The molecule has 4 rings (SSSR count). The van der Waals surface area contributed by atoms with Crippen LogP contribution in [0.2, 0.25) is 0 Å². The maximum Gasteiger partial charge on any atom is 0.240 e. The van der Waals surface area contributed by atoms with E-state index in [-0.39, 0.29) is 23.8 Å². The quantitative estimate of drug-likeness (QED) is 0.405. The fraction of sp³-hybridized carbons (Fsp3) is 0.0833. The second kappa shape index (κ2) is 9.27. The van der Waals surface area contributed by atoms with Gasteiger partial charge < -0.3 is 10.3 Å². The minimum atomic E-state index is -3.57. The molecule has 0 saturated carbocycles. The summed E-state index contributed by atoms with van der Waals surface area (Å²) in [6.45, 7) is 0.420. The molecule has 3 aromatic carbocycles. The zero-order chi connectivity index (χ0) is 22.6. The van der Waals surface area contributed by atoms with E-state index in [1.807, 2.05) is 35.0 Å². The summed E-state index contributed by atoms with van der Waals surface area (Å²) in [7, 11) is -3.57. The standard InChI is InChI=1S/C24H22N4O3S/c25-13-14-27-32(30,31)23-11-7-19(8-12-23)18-1-3-20(4-2-18)24(29)21-5-9-22(10-6-21)28-16-15-26-17-28/h1-12,15-17,27H,13-14,25H2. The molecule has 0 aliphatic carbocycles. The van der Waals surface area contributed by atoms with E-state index in [0.29, 0.717) is 11.1 Å². The van der Waals surface area contributed by atoms with Crippen molar-refractivity contribution in [1.29, 1.82) is 0 Å². The van der Waals surface area contributed by atoms with Crippen LogP contribution in [-0.4, -0.2) is 36.8 Å². The molecule has 8 heteroatoms. The van der Waals surface area contributed by atoms with Crippen LogP contribution in [0.4, 0.5) is 0 Å². The predicted molar refractivity (Wildman–Crippen MR) is 123 cm³/mol. The van der Waals surface area contributed by atoms with Gasteiger partial charge in [0.25, 0.3) is 0 Å². The Hall–Kier alpha value is -3.59. The lowest BCUT2D eigenvalue weighted by Gasteiger charge is -2.08. The third-order valence-electron chi connectivity index (χ3n) is 5.01. The highest BCUT2D eigenvalue weighted by Gasteiger charge is 2.13. The van der Waals surface area contributed by atoms with Crippen LogP contribution in [0.3, 0.4) is 0 Å². The summed E-state index contributed by atoms with van der Waals surface area (Å²) in [5, 5.41) is 0. The van der Waals surface area contributed by atoms with Crippen molar-refractivity contribution in [3.8, 4) is 16.8 Å². The van der Waals surface area contributed by atoms with Crippen LogP contribution >= 0.6 is 0 Å². The topological polar surface area (TPSA) is 107 Å². The molecular formula is C24H22N4O3S. The molecule has 0 fully saturated rings. The number of carbonyl (C=O) groups excluding carboxylic acids is 1. The van der Waals surface area contributed by atoms with E-state index < -0.39 is 10.0 Å². The van der Waals surface area contributed by atoms with Gasteiger partial charge in [-0.15, -0.1) is 0 Å². The summed E-state index contributed by atoms with van der Waals surface area (Å²) in [6.07, 6.45) is 5.24. The smallest absolute Gasteiger partial charge is 0.240 e. The molecule has 0 unspecified atom stereocenters. The molecule has 0 aliphatic rings. The number of aromatic nitrogens is 2. The molecule has 0 saturated heterocycles. The normalized spacial score (nSPS) is 11.4. The van der Waals surface area contributed by atoms with Crippen molar-refractivity contribution in [2.24, 2.45) is 5.73 Å². The highest BCUT2D eigenvalue weighted by molar-refractivity contribution is 7.89. The number of nitrogens with one attached hydrogen (secondary N) is 1. The van der Waals surface area contributed by atoms with Crippen LogP contribution in [0.15, 0.2) is 96.4 Å². The number of benzene rings is 3. The van der Waals surface area contributed by atoms with Gasteiger partial charge in [0.05, 0.1) is 11.2 Å². The van der Waals surface area contributed by atoms with E-state index in [1.165, 1.54) is 0 Å². The molecule has 0 amide bonds. The lowest BCUT2D eigenvalue weighted by molar-refractivity contribution is 0.103. The molecule has 0 spiro atoms. The summed E-state index contributed by atoms with van der Waals surface area (Å²) >= 11 is 0. The van der Waals surface area contributed by atoms with E-state index in [0.717, 1.165) is 16.8 Å². The molecule has 7 nitrogen and oxygen atoms in total. The second-order valence-electron chi connectivity index (χ2n) is 7.13. The molecule has 162 valence electrons. The summed E-state index contributed by atoms with van der Waals surface area (Å²) < 4.78 is 28.7. The average molecular weight is 447 g/mol. The summed E-state index contributed by atoms with van der Waals surface area (Å²) in [5.41, 5.74) is 9.20. The van der Waals surface area contributed by atoms with Gasteiger partial charge in [0.2, 0.25) is 10.0 Å². The van der Waals surface area contributed by atoms with Gasteiger partial charge in [-0.1, -0.05) is 36.4 Å². The van der Waals surface area contributed by atoms with E-state index in [9.17, 15) is 13.2 Å². The van der Waals surface area contributed by atoms with Crippen LogP contribution in [0, 0.1) is 0 Å². The van der Waals surface area contributed by atoms with Gasteiger partial charge in [-0.2, -0.15) is 0 Å². The number of ketones is 1.